The van der Waals surface area contributed by atoms with Gasteiger partial charge in [-0.05, 0) is 43.7 Å². The van der Waals surface area contributed by atoms with Gasteiger partial charge in [0.2, 0.25) is 5.91 Å². The second kappa shape index (κ2) is 8.81. The van der Waals surface area contributed by atoms with Crippen molar-refractivity contribution in [2.45, 2.75) is 42.8 Å². The summed E-state index contributed by atoms with van der Waals surface area (Å²) in [5, 5.41) is 7.91. The van der Waals surface area contributed by atoms with Crippen molar-refractivity contribution in [3.05, 3.63) is 59.0 Å². The predicted molar refractivity (Wildman–Crippen MR) is 120 cm³/mol. The maximum atomic E-state index is 13.2. The lowest BCUT2D eigenvalue weighted by Crippen LogP contribution is -2.37. The van der Waals surface area contributed by atoms with Crippen molar-refractivity contribution in [3.8, 4) is 5.75 Å². The van der Waals surface area contributed by atoms with E-state index in [2.05, 4.69) is 10.4 Å². The Kier molecular flexibility index (Phi) is 5.94. The molecule has 0 aliphatic carbocycles. The number of para-hydroxylation sites is 2. The third-order valence-corrected chi connectivity index (χ3v) is 5.90. The highest BCUT2D eigenvalue weighted by molar-refractivity contribution is 7.99. The average Bonchev–Trinajstić information content (AvgIpc) is 3.10. The first kappa shape index (κ1) is 20.9. The molecule has 0 unspecified atom stereocenters. The summed E-state index contributed by atoms with van der Waals surface area (Å²) in [5.74, 6) is 0.477. The number of carbonyl (C=O) groups excluding carboxylic acids is 1. The Morgan fingerprint density at radius 3 is 2.81 bits per heavy atom. The van der Waals surface area contributed by atoms with Crippen LogP contribution in [0.5, 0.6) is 5.75 Å². The zero-order chi connectivity index (χ0) is 22.0. The number of nitrogens with zero attached hydrogens (tertiary/aromatic N) is 4. The average molecular weight is 438 g/mol. The van der Waals surface area contributed by atoms with E-state index in [1.807, 2.05) is 62.4 Å². The minimum atomic E-state index is -0.375. The van der Waals surface area contributed by atoms with Gasteiger partial charge in [-0.1, -0.05) is 36.9 Å². The second-order valence-electron chi connectivity index (χ2n) is 7.16. The number of nitrogens with one attached hydrogen (secondary N) is 1. The van der Waals surface area contributed by atoms with E-state index < -0.39 is 0 Å². The SMILES string of the molecule is CC[C@@H](C)NC(=O)Cn1nc2c(Sc3cccc(OC)c3)nc3ccccc3n2c1=O. The van der Waals surface area contributed by atoms with E-state index in [-0.39, 0.29) is 24.2 Å². The van der Waals surface area contributed by atoms with Crippen LogP contribution in [0.1, 0.15) is 20.3 Å². The number of hydrogen-bond donors (Lipinski definition) is 1. The van der Waals surface area contributed by atoms with Crippen LogP contribution in [0.3, 0.4) is 0 Å². The summed E-state index contributed by atoms with van der Waals surface area (Å²) in [6.45, 7) is 3.76. The molecular formula is C22H23N5O3S. The zero-order valence-electron chi connectivity index (χ0n) is 17.5. The van der Waals surface area contributed by atoms with E-state index in [0.29, 0.717) is 21.7 Å². The molecule has 1 N–H and O–H groups in total. The van der Waals surface area contributed by atoms with Crippen molar-refractivity contribution in [1.29, 1.82) is 0 Å². The fraction of sp³-hybridized carbons (Fsp3) is 0.273. The highest BCUT2D eigenvalue weighted by Gasteiger charge is 2.19. The molecule has 31 heavy (non-hydrogen) atoms. The molecule has 0 aliphatic heterocycles. The van der Waals surface area contributed by atoms with Gasteiger partial charge in [0.1, 0.15) is 17.3 Å². The lowest BCUT2D eigenvalue weighted by atomic mass is 10.2. The molecule has 0 saturated carbocycles. The van der Waals surface area contributed by atoms with Gasteiger partial charge in [-0.25, -0.2) is 18.9 Å². The lowest BCUT2D eigenvalue weighted by molar-refractivity contribution is -0.122. The third-order valence-electron chi connectivity index (χ3n) is 4.94. The largest absolute Gasteiger partial charge is 0.497 e. The molecule has 0 saturated heterocycles. The molecule has 1 atom stereocenters. The van der Waals surface area contributed by atoms with Crippen LogP contribution in [-0.2, 0) is 11.3 Å². The number of rotatable bonds is 7. The highest BCUT2D eigenvalue weighted by Crippen LogP contribution is 2.32. The summed E-state index contributed by atoms with van der Waals surface area (Å²) in [4.78, 5) is 31.2. The van der Waals surface area contributed by atoms with Crippen molar-refractivity contribution in [1.82, 2.24) is 24.5 Å². The van der Waals surface area contributed by atoms with Crippen LogP contribution >= 0.6 is 11.8 Å². The van der Waals surface area contributed by atoms with Gasteiger partial charge in [0, 0.05) is 10.9 Å². The number of carbonyl (C=O) groups is 1. The summed E-state index contributed by atoms with van der Waals surface area (Å²) < 4.78 is 8.01. The topological polar surface area (TPSA) is 90.5 Å². The first-order chi connectivity index (χ1) is 15.0. The Morgan fingerprint density at radius 2 is 2.03 bits per heavy atom. The van der Waals surface area contributed by atoms with Gasteiger partial charge in [-0.2, -0.15) is 0 Å². The molecule has 0 radical (unpaired) electrons. The molecule has 0 bridgehead atoms. The molecular weight excluding hydrogens is 414 g/mol. The van der Waals surface area contributed by atoms with Gasteiger partial charge in [0.15, 0.2) is 5.65 Å². The van der Waals surface area contributed by atoms with E-state index in [9.17, 15) is 9.59 Å². The molecule has 2 heterocycles. The lowest BCUT2D eigenvalue weighted by Gasteiger charge is -2.10. The minimum absolute atomic E-state index is 0.0295. The van der Waals surface area contributed by atoms with Crippen LogP contribution in [0.15, 0.2) is 63.2 Å². The van der Waals surface area contributed by atoms with Crippen molar-refractivity contribution in [2.75, 3.05) is 7.11 Å². The number of ether oxygens (including phenoxy) is 1. The zero-order valence-corrected chi connectivity index (χ0v) is 18.3. The van der Waals surface area contributed by atoms with E-state index in [4.69, 9.17) is 9.72 Å². The first-order valence-electron chi connectivity index (χ1n) is 9.99. The molecule has 8 nitrogen and oxygen atoms in total. The highest BCUT2D eigenvalue weighted by atomic mass is 32.2. The fourth-order valence-corrected chi connectivity index (χ4v) is 4.09. The fourth-order valence-electron chi connectivity index (χ4n) is 3.18. The van der Waals surface area contributed by atoms with Crippen LogP contribution in [0.25, 0.3) is 16.7 Å². The van der Waals surface area contributed by atoms with Gasteiger partial charge in [-0.3, -0.25) is 4.79 Å². The van der Waals surface area contributed by atoms with Crippen LogP contribution in [-0.4, -0.2) is 38.2 Å². The Bertz CT molecular complexity index is 1310. The van der Waals surface area contributed by atoms with Crippen LogP contribution in [0.4, 0.5) is 0 Å². The van der Waals surface area contributed by atoms with Crippen LogP contribution in [0, 0.1) is 0 Å². The molecule has 1 amide bonds. The third kappa shape index (κ3) is 4.27. The Hall–Kier alpha value is -3.33. The molecule has 2 aromatic carbocycles. The smallest absolute Gasteiger partial charge is 0.351 e. The molecule has 2 aromatic heterocycles. The number of fused-ring (bicyclic) bond motifs is 3. The monoisotopic (exact) mass is 437 g/mol. The summed E-state index contributed by atoms with van der Waals surface area (Å²) >= 11 is 1.39. The number of amides is 1. The van der Waals surface area contributed by atoms with E-state index in [0.717, 1.165) is 17.1 Å². The Morgan fingerprint density at radius 1 is 1.23 bits per heavy atom. The van der Waals surface area contributed by atoms with Gasteiger partial charge in [0.25, 0.3) is 0 Å². The van der Waals surface area contributed by atoms with E-state index >= 15 is 0 Å². The molecule has 4 rings (SSSR count). The summed E-state index contributed by atoms with van der Waals surface area (Å²) in [6, 6.07) is 15.0. The molecule has 0 spiro atoms. The summed E-state index contributed by atoms with van der Waals surface area (Å²) in [6.07, 6.45) is 0.807. The Balaban J connectivity index is 1.82. The van der Waals surface area contributed by atoms with Crippen molar-refractivity contribution in [2.24, 2.45) is 0 Å². The quantitative estimate of drug-likeness (QED) is 0.478. The number of hydrogen-bond acceptors (Lipinski definition) is 6. The standard InChI is InChI=1S/C22H23N5O3S/c1-4-14(2)23-19(28)13-26-22(29)27-18-11-6-5-10-17(18)24-21(20(27)25-26)31-16-9-7-8-15(12-16)30-3/h5-12,14H,4,13H2,1-3H3,(H,23,28)/t14-/m1/s1. The molecule has 4 aromatic rings. The molecule has 160 valence electrons. The van der Waals surface area contributed by atoms with Crippen LogP contribution < -0.4 is 15.7 Å². The summed E-state index contributed by atoms with van der Waals surface area (Å²) in [7, 11) is 1.61. The maximum absolute atomic E-state index is 13.2. The summed E-state index contributed by atoms with van der Waals surface area (Å²) in [5.41, 5.74) is 1.35. The van der Waals surface area contributed by atoms with Gasteiger partial charge >= 0.3 is 5.69 Å². The van der Waals surface area contributed by atoms with Crippen LogP contribution in [0.2, 0.25) is 0 Å². The van der Waals surface area contributed by atoms with Gasteiger partial charge < -0.3 is 10.1 Å². The molecule has 9 heteroatoms. The first-order valence-corrected chi connectivity index (χ1v) is 10.8. The Labute approximate surface area is 183 Å². The number of methoxy groups -OCH3 is 1. The predicted octanol–water partition coefficient (Wildman–Crippen LogP) is 3.12. The number of aromatic nitrogens is 4. The maximum Gasteiger partial charge on any atom is 0.351 e. The second-order valence-corrected chi connectivity index (χ2v) is 8.22. The van der Waals surface area contributed by atoms with Gasteiger partial charge in [0.05, 0.1) is 18.1 Å². The molecule has 0 aliphatic rings. The number of benzene rings is 2. The minimum Gasteiger partial charge on any atom is -0.497 e. The van der Waals surface area contributed by atoms with Gasteiger partial charge in [-0.15, -0.1) is 5.10 Å². The molecule has 0 fully saturated rings. The van der Waals surface area contributed by atoms with E-state index in [1.54, 1.807) is 7.11 Å². The normalized spacial score (nSPS) is 12.2. The van der Waals surface area contributed by atoms with Crippen molar-refractivity contribution < 1.29 is 9.53 Å². The van der Waals surface area contributed by atoms with E-state index in [1.165, 1.54) is 20.8 Å². The van der Waals surface area contributed by atoms with Crippen molar-refractivity contribution in [3.63, 3.8) is 0 Å². The van der Waals surface area contributed by atoms with Crippen molar-refractivity contribution >= 4 is 34.3 Å².